The molecular formula is C16H25NO2. The molecular weight excluding hydrogens is 238 g/mol. The van der Waals surface area contributed by atoms with Crippen molar-refractivity contribution >= 4 is 0 Å². The number of benzene rings is 1. The normalized spacial score (nSPS) is 18.4. The van der Waals surface area contributed by atoms with E-state index in [1.54, 1.807) is 12.1 Å². The zero-order valence-corrected chi connectivity index (χ0v) is 11.7. The number of hydrogen-bond donors (Lipinski definition) is 3. The van der Waals surface area contributed by atoms with Gasteiger partial charge in [0.15, 0.2) is 0 Å². The molecule has 3 heteroatoms. The molecule has 0 bridgehead atoms. The fourth-order valence-corrected chi connectivity index (χ4v) is 2.98. The van der Waals surface area contributed by atoms with Crippen LogP contribution in [0.4, 0.5) is 0 Å². The topological polar surface area (TPSA) is 52.5 Å². The molecule has 3 N–H and O–H groups in total. The second-order valence-corrected chi connectivity index (χ2v) is 5.71. The van der Waals surface area contributed by atoms with Crippen molar-refractivity contribution in [1.29, 1.82) is 0 Å². The van der Waals surface area contributed by atoms with Gasteiger partial charge in [-0.1, -0.05) is 32.1 Å². The minimum Gasteiger partial charge on any atom is -0.508 e. The summed E-state index contributed by atoms with van der Waals surface area (Å²) in [7, 11) is 0. The third-order valence-corrected chi connectivity index (χ3v) is 4.21. The highest BCUT2D eigenvalue weighted by Crippen LogP contribution is 2.29. The van der Waals surface area contributed by atoms with Crippen LogP contribution in [0.5, 0.6) is 11.5 Å². The van der Waals surface area contributed by atoms with Gasteiger partial charge in [0.05, 0.1) is 0 Å². The van der Waals surface area contributed by atoms with Gasteiger partial charge in [0.2, 0.25) is 0 Å². The molecule has 0 spiro atoms. The maximum Gasteiger partial charge on any atom is 0.120 e. The Bertz CT molecular complexity index is 400. The van der Waals surface area contributed by atoms with Crippen molar-refractivity contribution in [2.24, 2.45) is 5.92 Å². The number of phenols is 2. The Morgan fingerprint density at radius 3 is 2.68 bits per heavy atom. The first-order chi connectivity index (χ1) is 9.16. The summed E-state index contributed by atoms with van der Waals surface area (Å²) in [6.45, 7) is 3.00. The van der Waals surface area contributed by atoms with Gasteiger partial charge < -0.3 is 15.5 Å². The largest absolute Gasteiger partial charge is 0.508 e. The molecule has 1 saturated carbocycles. The minimum atomic E-state index is 0.0655. The van der Waals surface area contributed by atoms with Crippen molar-refractivity contribution in [3.63, 3.8) is 0 Å². The van der Waals surface area contributed by atoms with Crippen LogP contribution in [0.1, 0.15) is 57.1 Å². The van der Waals surface area contributed by atoms with Crippen LogP contribution in [0, 0.1) is 5.92 Å². The van der Waals surface area contributed by atoms with Gasteiger partial charge in [0.25, 0.3) is 0 Å². The lowest BCUT2D eigenvalue weighted by atomic mass is 9.87. The van der Waals surface area contributed by atoms with Crippen LogP contribution in [-0.4, -0.2) is 16.8 Å². The molecule has 19 heavy (non-hydrogen) atoms. The van der Waals surface area contributed by atoms with Gasteiger partial charge in [-0.3, -0.25) is 0 Å². The van der Waals surface area contributed by atoms with E-state index in [2.05, 4.69) is 5.32 Å². The van der Waals surface area contributed by atoms with Crippen molar-refractivity contribution in [1.82, 2.24) is 5.32 Å². The van der Waals surface area contributed by atoms with Gasteiger partial charge in [0, 0.05) is 11.6 Å². The van der Waals surface area contributed by atoms with Gasteiger partial charge >= 0.3 is 0 Å². The van der Waals surface area contributed by atoms with Crippen molar-refractivity contribution in [2.45, 2.75) is 51.5 Å². The Morgan fingerprint density at radius 2 is 1.95 bits per heavy atom. The SMILES string of the molecule is CC(NCCC1CCCCC1)c1cc(O)ccc1O. The Hall–Kier alpha value is -1.22. The van der Waals surface area contributed by atoms with Gasteiger partial charge in [-0.2, -0.15) is 0 Å². The number of nitrogens with one attached hydrogen (secondary N) is 1. The van der Waals surface area contributed by atoms with Crippen molar-refractivity contribution in [3.8, 4) is 11.5 Å². The first kappa shape index (κ1) is 14.2. The molecule has 1 atom stereocenters. The van der Waals surface area contributed by atoms with E-state index in [9.17, 15) is 10.2 Å². The first-order valence-corrected chi connectivity index (χ1v) is 7.42. The zero-order chi connectivity index (χ0) is 13.7. The maximum absolute atomic E-state index is 9.80. The monoisotopic (exact) mass is 263 g/mol. The highest BCUT2D eigenvalue weighted by molar-refractivity contribution is 5.40. The zero-order valence-electron chi connectivity index (χ0n) is 11.7. The third-order valence-electron chi connectivity index (χ3n) is 4.21. The first-order valence-electron chi connectivity index (χ1n) is 7.42. The van der Waals surface area contributed by atoms with E-state index in [1.807, 2.05) is 6.92 Å². The maximum atomic E-state index is 9.80. The van der Waals surface area contributed by atoms with E-state index in [4.69, 9.17) is 0 Å². The van der Waals surface area contributed by atoms with Crippen molar-refractivity contribution in [2.75, 3.05) is 6.54 Å². The predicted molar refractivity (Wildman–Crippen MR) is 77.4 cm³/mol. The lowest BCUT2D eigenvalue weighted by Gasteiger charge is -2.23. The van der Waals surface area contributed by atoms with Crippen LogP contribution in [0.25, 0.3) is 0 Å². The van der Waals surface area contributed by atoms with Crippen molar-refractivity contribution in [3.05, 3.63) is 23.8 Å². The molecule has 1 aromatic carbocycles. The quantitative estimate of drug-likeness (QED) is 0.710. The second-order valence-electron chi connectivity index (χ2n) is 5.71. The third kappa shape index (κ3) is 4.13. The van der Waals surface area contributed by atoms with Gasteiger partial charge in [0.1, 0.15) is 11.5 Å². The molecule has 3 nitrogen and oxygen atoms in total. The molecule has 1 unspecified atom stereocenters. The Morgan fingerprint density at radius 1 is 1.21 bits per heavy atom. The lowest BCUT2D eigenvalue weighted by molar-refractivity contribution is 0.328. The number of hydrogen-bond acceptors (Lipinski definition) is 3. The fourth-order valence-electron chi connectivity index (χ4n) is 2.98. The summed E-state index contributed by atoms with van der Waals surface area (Å²) in [4.78, 5) is 0. The Balaban J connectivity index is 1.80. The molecule has 0 aromatic heterocycles. The number of rotatable bonds is 5. The smallest absolute Gasteiger partial charge is 0.120 e. The average molecular weight is 263 g/mol. The predicted octanol–water partition coefficient (Wildman–Crippen LogP) is 3.72. The molecule has 0 saturated heterocycles. The lowest BCUT2D eigenvalue weighted by Crippen LogP contribution is -2.22. The van der Waals surface area contributed by atoms with Gasteiger partial charge in [-0.05, 0) is 44.0 Å². The minimum absolute atomic E-state index is 0.0655. The molecule has 1 fully saturated rings. The van der Waals surface area contributed by atoms with Gasteiger partial charge in [-0.15, -0.1) is 0 Å². The van der Waals surface area contributed by atoms with E-state index in [0.29, 0.717) is 0 Å². The van der Waals surface area contributed by atoms with E-state index in [-0.39, 0.29) is 17.5 Å². The second kappa shape index (κ2) is 6.80. The summed E-state index contributed by atoms with van der Waals surface area (Å²) < 4.78 is 0. The van der Waals surface area contributed by atoms with Crippen molar-refractivity contribution < 1.29 is 10.2 Å². The van der Waals surface area contributed by atoms with Crippen LogP contribution in [0.15, 0.2) is 18.2 Å². The summed E-state index contributed by atoms with van der Waals surface area (Å²) >= 11 is 0. The number of phenolic OH excluding ortho intramolecular Hbond substituents is 2. The highest BCUT2D eigenvalue weighted by Gasteiger charge is 2.14. The molecule has 2 rings (SSSR count). The molecule has 106 valence electrons. The Kier molecular flexibility index (Phi) is 5.08. The van der Waals surface area contributed by atoms with Crippen LogP contribution < -0.4 is 5.32 Å². The van der Waals surface area contributed by atoms with Crippen LogP contribution in [0.3, 0.4) is 0 Å². The summed E-state index contributed by atoms with van der Waals surface area (Å²) in [5.41, 5.74) is 0.767. The highest BCUT2D eigenvalue weighted by atomic mass is 16.3. The van der Waals surface area contributed by atoms with Crippen LogP contribution in [0.2, 0.25) is 0 Å². The van der Waals surface area contributed by atoms with Gasteiger partial charge in [-0.25, -0.2) is 0 Å². The summed E-state index contributed by atoms with van der Waals surface area (Å²) in [6, 6.07) is 4.75. The summed E-state index contributed by atoms with van der Waals surface area (Å²) in [6.07, 6.45) is 8.11. The molecule has 1 aliphatic carbocycles. The Labute approximate surface area is 115 Å². The average Bonchev–Trinajstić information content (AvgIpc) is 2.42. The molecule has 0 radical (unpaired) electrons. The molecule has 0 amide bonds. The van der Waals surface area contributed by atoms with Crippen LogP contribution in [-0.2, 0) is 0 Å². The van der Waals surface area contributed by atoms with E-state index in [0.717, 1.165) is 18.0 Å². The van der Waals surface area contributed by atoms with E-state index >= 15 is 0 Å². The fraction of sp³-hybridized carbons (Fsp3) is 0.625. The molecule has 1 aliphatic rings. The summed E-state index contributed by atoms with van der Waals surface area (Å²) in [5.74, 6) is 1.32. The standard InChI is InChI=1S/C16H25NO2/c1-12(15-11-14(18)7-8-16(15)19)17-10-9-13-5-3-2-4-6-13/h7-8,11-13,17-19H,2-6,9-10H2,1H3. The van der Waals surface area contributed by atoms with E-state index in [1.165, 1.54) is 44.6 Å². The molecule has 0 aliphatic heterocycles. The summed E-state index contributed by atoms with van der Waals surface area (Å²) in [5, 5.41) is 22.7. The van der Waals surface area contributed by atoms with E-state index < -0.39 is 0 Å². The molecule has 1 aromatic rings. The molecule has 0 heterocycles. The van der Waals surface area contributed by atoms with Crippen LogP contribution >= 0.6 is 0 Å². The number of aromatic hydroxyl groups is 2.